The quantitative estimate of drug-likeness (QED) is 0.804. The zero-order valence-electron chi connectivity index (χ0n) is 13.7. The molecule has 4 atom stereocenters. The van der Waals surface area contributed by atoms with Gasteiger partial charge in [-0.3, -0.25) is 4.79 Å². The first kappa shape index (κ1) is 16.6. The number of carbonyl (C=O) groups is 2. The lowest BCUT2D eigenvalue weighted by atomic mass is 10.0. The van der Waals surface area contributed by atoms with E-state index < -0.39 is 23.7 Å². The molecule has 0 aromatic rings. The molecule has 0 bridgehead atoms. The van der Waals surface area contributed by atoms with Crippen LogP contribution in [0.25, 0.3) is 0 Å². The highest BCUT2D eigenvalue weighted by molar-refractivity contribution is 5.88. The SMILES string of the molecule is CCOC(=O)[C@H]1C[C@H]2C(C)=NO[C@H]2[C@H]1NC(=O)OC(C)(C)C. The normalized spacial score (nSPS) is 30.1. The molecule has 7 heteroatoms. The molecule has 1 aliphatic heterocycles. The zero-order chi connectivity index (χ0) is 16.5. The summed E-state index contributed by atoms with van der Waals surface area (Å²) in [7, 11) is 0. The number of hydrogen-bond donors (Lipinski definition) is 1. The molecule has 1 N–H and O–H groups in total. The van der Waals surface area contributed by atoms with Crippen molar-refractivity contribution in [3.05, 3.63) is 0 Å². The van der Waals surface area contributed by atoms with Gasteiger partial charge in [0, 0.05) is 5.92 Å². The summed E-state index contributed by atoms with van der Waals surface area (Å²) in [6.07, 6.45) is -0.359. The van der Waals surface area contributed by atoms with Crippen LogP contribution in [0.2, 0.25) is 0 Å². The second-order valence-electron chi connectivity index (χ2n) is 6.68. The van der Waals surface area contributed by atoms with E-state index in [1.165, 1.54) is 0 Å². The molecule has 2 rings (SSSR count). The smallest absolute Gasteiger partial charge is 0.408 e. The molecule has 1 amide bonds. The van der Waals surface area contributed by atoms with Gasteiger partial charge < -0.3 is 19.6 Å². The molecule has 1 saturated carbocycles. The van der Waals surface area contributed by atoms with E-state index in [0.29, 0.717) is 13.0 Å². The van der Waals surface area contributed by atoms with Gasteiger partial charge in [0.15, 0.2) is 6.10 Å². The minimum Gasteiger partial charge on any atom is -0.466 e. The fourth-order valence-electron chi connectivity index (χ4n) is 2.91. The van der Waals surface area contributed by atoms with Gasteiger partial charge in [0.05, 0.1) is 24.3 Å². The Balaban J connectivity index is 2.10. The molecule has 0 unspecified atom stereocenters. The Morgan fingerprint density at radius 2 is 2.09 bits per heavy atom. The van der Waals surface area contributed by atoms with Gasteiger partial charge in [-0.25, -0.2) is 4.79 Å². The molecule has 22 heavy (non-hydrogen) atoms. The predicted octanol–water partition coefficient (Wildman–Crippen LogP) is 1.85. The van der Waals surface area contributed by atoms with Gasteiger partial charge in [-0.15, -0.1) is 0 Å². The highest BCUT2D eigenvalue weighted by Crippen LogP contribution is 2.39. The summed E-state index contributed by atoms with van der Waals surface area (Å²) < 4.78 is 10.4. The average Bonchev–Trinajstić information content (AvgIpc) is 2.89. The molecule has 0 saturated heterocycles. The van der Waals surface area contributed by atoms with E-state index in [0.717, 1.165) is 5.71 Å². The van der Waals surface area contributed by atoms with E-state index in [9.17, 15) is 9.59 Å². The molecule has 7 nitrogen and oxygen atoms in total. The Morgan fingerprint density at radius 1 is 1.41 bits per heavy atom. The third kappa shape index (κ3) is 3.51. The molecular formula is C15H24N2O5. The molecule has 0 radical (unpaired) electrons. The number of amides is 1. The Bertz CT molecular complexity index is 483. The van der Waals surface area contributed by atoms with Gasteiger partial charge in [0.1, 0.15) is 5.60 Å². The van der Waals surface area contributed by atoms with Crippen molar-refractivity contribution in [3.63, 3.8) is 0 Å². The van der Waals surface area contributed by atoms with Crippen molar-refractivity contribution in [3.8, 4) is 0 Å². The minimum absolute atomic E-state index is 0.0225. The topological polar surface area (TPSA) is 86.2 Å². The molecule has 0 spiro atoms. The van der Waals surface area contributed by atoms with Crippen molar-refractivity contribution < 1.29 is 23.9 Å². The number of carbonyl (C=O) groups excluding carboxylic acids is 2. The van der Waals surface area contributed by atoms with Crippen molar-refractivity contribution in [2.45, 2.75) is 58.8 Å². The largest absolute Gasteiger partial charge is 0.466 e. The average molecular weight is 312 g/mol. The highest BCUT2D eigenvalue weighted by Gasteiger charge is 2.53. The number of rotatable bonds is 3. The van der Waals surface area contributed by atoms with Crippen LogP contribution in [0.1, 0.15) is 41.0 Å². The predicted molar refractivity (Wildman–Crippen MR) is 79.4 cm³/mol. The number of nitrogens with one attached hydrogen (secondary N) is 1. The van der Waals surface area contributed by atoms with E-state index in [-0.39, 0.29) is 18.0 Å². The second-order valence-corrected chi connectivity index (χ2v) is 6.68. The summed E-state index contributed by atoms with van der Waals surface area (Å²) in [5, 5.41) is 6.72. The van der Waals surface area contributed by atoms with Crippen LogP contribution in [0.3, 0.4) is 0 Å². The van der Waals surface area contributed by atoms with Crippen molar-refractivity contribution >= 4 is 17.8 Å². The number of nitrogens with zero attached hydrogens (tertiary/aromatic N) is 1. The van der Waals surface area contributed by atoms with E-state index in [1.807, 2.05) is 6.92 Å². The van der Waals surface area contributed by atoms with Gasteiger partial charge >= 0.3 is 12.1 Å². The second kappa shape index (κ2) is 6.14. The first-order chi connectivity index (χ1) is 10.2. The minimum atomic E-state index is -0.607. The summed E-state index contributed by atoms with van der Waals surface area (Å²) in [5.74, 6) is -0.753. The van der Waals surface area contributed by atoms with Crippen LogP contribution in [-0.2, 0) is 19.1 Å². The molecule has 1 aliphatic carbocycles. The van der Waals surface area contributed by atoms with Crippen molar-refractivity contribution in [2.75, 3.05) is 6.61 Å². The number of esters is 1. The van der Waals surface area contributed by atoms with Crippen LogP contribution >= 0.6 is 0 Å². The fourth-order valence-corrected chi connectivity index (χ4v) is 2.91. The monoisotopic (exact) mass is 312 g/mol. The number of fused-ring (bicyclic) bond motifs is 1. The lowest BCUT2D eigenvalue weighted by Crippen LogP contribution is -2.48. The van der Waals surface area contributed by atoms with Gasteiger partial charge in [-0.1, -0.05) is 5.16 Å². The van der Waals surface area contributed by atoms with Crippen LogP contribution in [-0.4, -0.2) is 42.1 Å². The van der Waals surface area contributed by atoms with Crippen molar-refractivity contribution in [1.29, 1.82) is 0 Å². The maximum atomic E-state index is 12.2. The molecule has 124 valence electrons. The van der Waals surface area contributed by atoms with E-state index in [1.54, 1.807) is 27.7 Å². The van der Waals surface area contributed by atoms with Crippen LogP contribution in [0.5, 0.6) is 0 Å². The Kier molecular flexibility index (Phi) is 4.63. The summed E-state index contributed by atoms with van der Waals surface area (Å²) in [5.41, 5.74) is 0.234. The Hall–Kier alpha value is -1.79. The Labute approximate surface area is 130 Å². The Morgan fingerprint density at radius 3 is 2.68 bits per heavy atom. The van der Waals surface area contributed by atoms with Crippen LogP contribution < -0.4 is 5.32 Å². The highest BCUT2D eigenvalue weighted by atomic mass is 16.6. The van der Waals surface area contributed by atoms with Crippen molar-refractivity contribution in [1.82, 2.24) is 5.32 Å². The number of oxime groups is 1. The summed E-state index contributed by atoms with van der Waals surface area (Å²) in [4.78, 5) is 29.6. The maximum absolute atomic E-state index is 12.2. The van der Waals surface area contributed by atoms with E-state index in [2.05, 4.69) is 10.5 Å². The van der Waals surface area contributed by atoms with E-state index >= 15 is 0 Å². The first-order valence-electron chi connectivity index (χ1n) is 7.59. The number of hydrogen-bond acceptors (Lipinski definition) is 6. The summed E-state index contributed by atoms with van der Waals surface area (Å²) in [6, 6.07) is -0.500. The fraction of sp³-hybridized carbons (Fsp3) is 0.800. The van der Waals surface area contributed by atoms with Gasteiger partial charge in [-0.05, 0) is 41.0 Å². The lowest BCUT2D eigenvalue weighted by Gasteiger charge is -2.25. The third-order valence-electron chi connectivity index (χ3n) is 3.82. The van der Waals surface area contributed by atoms with Crippen LogP contribution in [0.4, 0.5) is 4.79 Å². The lowest BCUT2D eigenvalue weighted by molar-refractivity contribution is -0.149. The molecule has 0 aromatic heterocycles. The maximum Gasteiger partial charge on any atom is 0.408 e. The van der Waals surface area contributed by atoms with E-state index in [4.69, 9.17) is 14.3 Å². The molecule has 1 fully saturated rings. The standard InChI is InChI=1S/C15H24N2O5/c1-6-20-13(18)10-7-9-8(2)17-22-12(9)11(10)16-14(19)21-15(3,4)5/h9-12H,6-7H2,1-5H3,(H,16,19)/t9-,10-,11-,12+/m0/s1. The van der Waals surface area contributed by atoms with Crippen LogP contribution in [0, 0.1) is 11.8 Å². The third-order valence-corrected chi connectivity index (χ3v) is 3.82. The molecule has 0 aromatic carbocycles. The summed E-state index contributed by atoms with van der Waals surface area (Å²) in [6.45, 7) is 9.28. The van der Waals surface area contributed by atoms with Crippen LogP contribution in [0.15, 0.2) is 5.16 Å². The number of ether oxygens (including phenoxy) is 2. The number of alkyl carbamates (subject to hydrolysis) is 1. The summed E-state index contributed by atoms with van der Waals surface area (Å²) >= 11 is 0. The van der Waals surface area contributed by atoms with Gasteiger partial charge in [0.2, 0.25) is 0 Å². The van der Waals surface area contributed by atoms with Gasteiger partial charge in [-0.2, -0.15) is 0 Å². The van der Waals surface area contributed by atoms with Crippen molar-refractivity contribution in [2.24, 2.45) is 17.0 Å². The molecular weight excluding hydrogens is 288 g/mol. The first-order valence-corrected chi connectivity index (χ1v) is 7.59. The molecule has 2 aliphatic rings. The zero-order valence-corrected chi connectivity index (χ0v) is 13.7. The molecule has 1 heterocycles. The van der Waals surface area contributed by atoms with Gasteiger partial charge in [0.25, 0.3) is 0 Å².